The maximum absolute atomic E-state index is 5.77. The summed E-state index contributed by atoms with van der Waals surface area (Å²) in [5, 5.41) is 0. The van der Waals surface area contributed by atoms with Crippen LogP contribution in [0.15, 0.2) is 45.5 Å². The number of thiazole rings is 1. The molecular formula is C13H10BrN3S2. The predicted octanol–water partition coefficient (Wildman–Crippen LogP) is 4.33. The summed E-state index contributed by atoms with van der Waals surface area (Å²) in [6.07, 6.45) is 3.66. The first-order chi connectivity index (χ1) is 9.20. The zero-order valence-corrected chi connectivity index (χ0v) is 13.1. The molecule has 2 heterocycles. The number of rotatable bonds is 3. The Kier molecular flexibility index (Phi) is 3.72. The summed E-state index contributed by atoms with van der Waals surface area (Å²) in [6, 6.07) is 7.89. The molecule has 0 fully saturated rings. The molecule has 0 aliphatic heterocycles. The summed E-state index contributed by atoms with van der Waals surface area (Å²) in [5.41, 5.74) is 8.74. The average molecular weight is 352 g/mol. The average Bonchev–Trinajstić information content (AvgIpc) is 2.78. The molecule has 0 saturated carbocycles. The van der Waals surface area contributed by atoms with Crippen molar-refractivity contribution in [3.8, 4) is 0 Å². The van der Waals surface area contributed by atoms with E-state index in [4.69, 9.17) is 5.73 Å². The van der Waals surface area contributed by atoms with Gasteiger partial charge in [0.2, 0.25) is 0 Å². The number of hydrogen-bond acceptors (Lipinski definition) is 5. The van der Waals surface area contributed by atoms with Crippen LogP contribution in [0.25, 0.3) is 10.2 Å². The van der Waals surface area contributed by atoms with Crippen molar-refractivity contribution in [2.24, 2.45) is 0 Å². The molecule has 0 amide bonds. The molecule has 2 aromatic heterocycles. The number of benzene rings is 1. The molecule has 0 bridgehead atoms. The molecule has 3 aromatic rings. The Balaban J connectivity index is 1.78. The van der Waals surface area contributed by atoms with Gasteiger partial charge in [-0.15, -0.1) is 11.3 Å². The Morgan fingerprint density at radius 3 is 3.00 bits per heavy atom. The summed E-state index contributed by atoms with van der Waals surface area (Å²) in [4.78, 5) is 8.74. The van der Waals surface area contributed by atoms with Crippen LogP contribution in [0, 0.1) is 0 Å². The number of fused-ring (bicyclic) bond motifs is 1. The van der Waals surface area contributed by atoms with E-state index in [0.29, 0.717) is 0 Å². The zero-order valence-electron chi connectivity index (χ0n) is 9.84. The Morgan fingerprint density at radius 1 is 1.26 bits per heavy atom. The molecule has 0 atom stereocenters. The fourth-order valence-corrected chi connectivity index (χ4v) is 4.11. The van der Waals surface area contributed by atoms with E-state index in [1.54, 1.807) is 29.3 Å². The van der Waals surface area contributed by atoms with Crippen molar-refractivity contribution in [1.82, 2.24) is 9.97 Å². The largest absolute Gasteiger partial charge is 0.399 e. The van der Waals surface area contributed by atoms with Crippen molar-refractivity contribution >= 4 is 54.9 Å². The molecule has 0 spiro atoms. The minimum atomic E-state index is 0.781. The fourth-order valence-electron chi connectivity index (χ4n) is 1.66. The molecule has 0 aliphatic rings. The lowest BCUT2D eigenvalue weighted by Crippen LogP contribution is -1.82. The van der Waals surface area contributed by atoms with E-state index >= 15 is 0 Å². The molecule has 2 N–H and O–H groups in total. The first-order valence-electron chi connectivity index (χ1n) is 5.59. The highest BCUT2D eigenvalue weighted by atomic mass is 79.9. The second-order valence-corrected chi connectivity index (χ2v) is 7.18. The minimum absolute atomic E-state index is 0.781. The van der Waals surface area contributed by atoms with E-state index in [-0.39, 0.29) is 0 Å². The smallest absolute Gasteiger partial charge is 0.151 e. The highest BCUT2D eigenvalue weighted by molar-refractivity contribution is 9.10. The van der Waals surface area contributed by atoms with E-state index in [1.807, 2.05) is 24.4 Å². The lowest BCUT2D eigenvalue weighted by atomic mass is 10.3. The standard InChI is InChI=1S/C13H10BrN3S2/c14-9-3-8(5-16-6-9)7-18-13-17-11-2-1-10(15)4-12(11)19-13/h1-6H,7,15H2. The van der Waals surface area contributed by atoms with Crippen LogP contribution in [0.1, 0.15) is 5.56 Å². The normalized spacial score (nSPS) is 11.0. The number of hydrogen-bond donors (Lipinski definition) is 1. The summed E-state index contributed by atoms with van der Waals surface area (Å²) in [5.74, 6) is 0.863. The SMILES string of the molecule is Nc1ccc2nc(SCc3cncc(Br)c3)sc2c1. The molecule has 0 radical (unpaired) electrons. The maximum atomic E-state index is 5.77. The van der Waals surface area contributed by atoms with Crippen LogP contribution in [0.4, 0.5) is 5.69 Å². The van der Waals surface area contributed by atoms with Crippen molar-refractivity contribution < 1.29 is 0 Å². The Morgan fingerprint density at radius 2 is 2.16 bits per heavy atom. The van der Waals surface area contributed by atoms with Gasteiger partial charge in [0.25, 0.3) is 0 Å². The zero-order chi connectivity index (χ0) is 13.2. The third-order valence-corrected chi connectivity index (χ3v) is 5.18. The summed E-state index contributed by atoms with van der Waals surface area (Å²) >= 11 is 6.82. The Labute approximate surface area is 127 Å². The van der Waals surface area contributed by atoms with Crippen molar-refractivity contribution in [2.45, 2.75) is 10.1 Å². The monoisotopic (exact) mass is 351 g/mol. The van der Waals surface area contributed by atoms with Crippen molar-refractivity contribution in [3.05, 3.63) is 46.7 Å². The van der Waals surface area contributed by atoms with Gasteiger partial charge in [-0.3, -0.25) is 4.98 Å². The molecule has 0 unspecified atom stereocenters. The number of thioether (sulfide) groups is 1. The van der Waals surface area contributed by atoms with E-state index in [1.165, 1.54) is 5.56 Å². The number of nitrogens with two attached hydrogens (primary N) is 1. The van der Waals surface area contributed by atoms with Crippen LogP contribution in [-0.4, -0.2) is 9.97 Å². The second kappa shape index (κ2) is 5.48. The third-order valence-electron chi connectivity index (χ3n) is 2.52. The van der Waals surface area contributed by atoms with E-state index < -0.39 is 0 Å². The maximum Gasteiger partial charge on any atom is 0.151 e. The molecule has 96 valence electrons. The first-order valence-corrected chi connectivity index (χ1v) is 8.18. The number of pyridine rings is 1. The number of anilines is 1. The molecule has 1 aromatic carbocycles. The van der Waals surface area contributed by atoms with Crippen LogP contribution < -0.4 is 5.73 Å². The van der Waals surface area contributed by atoms with Crippen molar-refractivity contribution in [2.75, 3.05) is 5.73 Å². The van der Waals surface area contributed by atoms with Gasteiger partial charge in [-0.1, -0.05) is 11.8 Å². The highest BCUT2D eigenvalue weighted by Crippen LogP contribution is 2.32. The molecule has 6 heteroatoms. The molecule has 0 aliphatic carbocycles. The minimum Gasteiger partial charge on any atom is -0.399 e. The molecular weight excluding hydrogens is 342 g/mol. The van der Waals surface area contributed by atoms with Gasteiger partial charge in [0.1, 0.15) is 0 Å². The first kappa shape index (κ1) is 12.9. The molecule has 19 heavy (non-hydrogen) atoms. The van der Waals surface area contributed by atoms with Gasteiger partial charge in [0, 0.05) is 28.3 Å². The third kappa shape index (κ3) is 3.08. The Hall–Kier alpha value is -1.11. The fraction of sp³-hybridized carbons (Fsp3) is 0.0769. The number of nitrogens with zero attached hydrogens (tertiary/aromatic N) is 2. The molecule has 0 saturated heterocycles. The van der Waals surface area contributed by atoms with Gasteiger partial charge >= 0.3 is 0 Å². The van der Waals surface area contributed by atoms with Crippen LogP contribution in [0.3, 0.4) is 0 Å². The van der Waals surface area contributed by atoms with E-state index in [9.17, 15) is 0 Å². The topological polar surface area (TPSA) is 51.8 Å². The summed E-state index contributed by atoms with van der Waals surface area (Å²) in [7, 11) is 0. The molecule has 3 rings (SSSR count). The van der Waals surface area contributed by atoms with Gasteiger partial charge in [0.05, 0.1) is 10.2 Å². The van der Waals surface area contributed by atoms with Gasteiger partial charge in [-0.05, 0) is 45.8 Å². The number of aromatic nitrogens is 2. The lowest BCUT2D eigenvalue weighted by molar-refractivity contribution is 1.23. The number of halogens is 1. The Bertz CT molecular complexity index is 727. The van der Waals surface area contributed by atoms with E-state index in [0.717, 1.165) is 30.5 Å². The van der Waals surface area contributed by atoms with Crippen LogP contribution >= 0.6 is 39.0 Å². The van der Waals surface area contributed by atoms with Gasteiger partial charge in [0.15, 0.2) is 4.34 Å². The van der Waals surface area contributed by atoms with Gasteiger partial charge in [-0.2, -0.15) is 0 Å². The van der Waals surface area contributed by atoms with Crippen LogP contribution in [-0.2, 0) is 5.75 Å². The quantitative estimate of drug-likeness (QED) is 0.563. The summed E-state index contributed by atoms with van der Waals surface area (Å²) < 4.78 is 3.19. The lowest BCUT2D eigenvalue weighted by Gasteiger charge is -1.98. The van der Waals surface area contributed by atoms with Crippen LogP contribution in [0.2, 0.25) is 0 Å². The van der Waals surface area contributed by atoms with Gasteiger partial charge in [-0.25, -0.2) is 4.98 Å². The molecule has 3 nitrogen and oxygen atoms in total. The second-order valence-electron chi connectivity index (χ2n) is 4.01. The van der Waals surface area contributed by atoms with E-state index in [2.05, 4.69) is 32.0 Å². The van der Waals surface area contributed by atoms with Crippen LogP contribution in [0.5, 0.6) is 0 Å². The van der Waals surface area contributed by atoms with Gasteiger partial charge < -0.3 is 5.73 Å². The van der Waals surface area contributed by atoms with Crippen molar-refractivity contribution in [1.29, 1.82) is 0 Å². The highest BCUT2D eigenvalue weighted by Gasteiger charge is 2.05. The number of nitrogen functional groups attached to an aromatic ring is 1. The predicted molar refractivity (Wildman–Crippen MR) is 85.5 cm³/mol. The summed E-state index contributed by atoms with van der Waals surface area (Å²) in [6.45, 7) is 0. The van der Waals surface area contributed by atoms with Crippen molar-refractivity contribution in [3.63, 3.8) is 0 Å².